The van der Waals surface area contributed by atoms with Crippen molar-refractivity contribution >= 4 is 17.6 Å². The van der Waals surface area contributed by atoms with Crippen LogP contribution in [-0.2, 0) is 4.79 Å². The predicted molar refractivity (Wildman–Crippen MR) is 99.7 cm³/mol. The smallest absolute Gasteiger partial charge is 0.229 e. The van der Waals surface area contributed by atoms with E-state index in [4.69, 9.17) is 0 Å². The Kier molecular flexibility index (Phi) is 5.58. The van der Waals surface area contributed by atoms with E-state index in [1.165, 1.54) is 0 Å². The van der Waals surface area contributed by atoms with Gasteiger partial charge in [-0.3, -0.25) is 9.79 Å². The highest BCUT2D eigenvalue weighted by molar-refractivity contribution is 5.97. The van der Waals surface area contributed by atoms with Crippen molar-refractivity contribution in [3.63, 3.8) is 0 Å². The Bertz CT molecular complexity index is 611. The van der Waals surface area contributed by atoms with Crippen molar-refractivity contribution in [2.24, 2.45) is 4.99 Å². The van der Waals surface area contributed by atoms with Gasteiger partial charge in [-0.05, 0) is 31.9 Å². The Labute approximate surface area is 149 Å². The first kappa shape index (κ1) is 17.7. The number of amides is 1. The van der Waals surface area contributed by atoms with E-state index < -0.39 is 5.60 Å². The van der Waals surface area contributed by atoms with Crippen LogP contribution in [0.3, 0.4) is 0 Å². The van der Waals surface area contributed by atoms with Gasteiger partial charge in [-0.25, -0.2) is 0 Å². The highest BCUT2D eigenvalue weighted by Gasteiger charge is 2.32. The summed E-state index contributed by atoms with van der Waals surface area (Å²) in [5.74, 6) is 0.796. The normalized spacial score (nSPS) is 23.1. The molecular formula is C19H28N4O2. The van der Waals surface area contributed by atoms with Crippen LogP contribution in [0, 0.1) is 0 Å². The molecule has 1 unspecified atom stereocenters. The number of carbonyl (C=O) groups excluding carboxylic acids is 1. The summed E-state index contributed by atoms with van der Waals surface area (Å²) in [6.45, 7) is 3.79. The number of carbonyl (C=O) groups is 1. The molecule has 6 heteroatoms. The number of aliphatic imine (C=N–C) groups is 1. The molecule has 1 amide bonds. The number of anilines is 1. The van der Waals surface area contributed by atoms with Crippen molar-refractivity contribution in [3.8, 4) is 0 Å². The number of rotatable bonds is 5. The number of nitrogens with one attached hydrogen (secondary N) is 2. The van der Waals surface area contributed by atoms with Gasteiger partial charge in [0.2, 0.25) is 5.91 Å². The molecule has 1 heterocycles. The van der Waals surface area contributed by atoms with Crippen LogP contribution in [0.15, 0.2) is 35.3 Å². The average Bonchev–Trinajstić information content (AvgIpc) is 3.20. The standard InChI is InChI=1S/C19H28N4O2/c1-2-20-18(21-14-19(25)10-6-7-11-19)22-15-12-17(24)23(13-15)16-8-4-3-5-9-16/h3-5,8-9,15,25H,2,6-7,10-14H2,1H3,(H2,20,21,22). The third kappa shape index (κ3) is 4.51. The third-order valence-corrected chi connectivity index (χ3v) is 4.94. The van der Waals surface area contributed by atoms with Crippen LogP contribution in [-0.4, -0.2) is 48.3 Å². The predicted octanol–water partition coefficient (Wildman–Crippen LogP) is 1.65. The maximum absolute atomic E-state index is 12.3. The van der Waals surface area contributed by atoms with Gasteiger partial charge in [0.25, 0.3) is 0 Å². The molecule has 0 aromatic heterocycles. The maximum atomic E-state index is 12.3. The third-order valence-electron chi connectivity index (χ3n) is 4.94. The molecule has 2 fully saturated rings. The van der Waals surface area contributed by atoms with Gasteiger partial charge in [-0.1, -0.05) is 31.0 Å². The van der Waals surface area contributed by atoms with Crippen molar-refractivity contribution < 1.29 is 9.90 Å². The number of benzene rings is 1. The first-order valence-electron chi connectivity index (χ1n) is 9.22. The zero-order valence-electron chi connectivity index (χ0n) is 14.9. The fraction of sp³-hybridized carbons (Fsp3) is 0.579. The van der Waals surface area contributed by atoms with Crippen molar-refractivity contribution in [2.75, 3.05) is 24.5 Å². The van der Waals surface area contributed by atoms with Gasteiger partial charge < -0.3 is 20.6 Å². The summed E-state index contributed by atoms with van der Waals surface area (Å²) in [6.07, 6.45) is 4.22. The number of para-hydroxylation sites is 1. The molecule has 3 rings (SSSR count). The molecule has 1 atom stereocenters. The van der Waals surface area contributed by atoms with Crippen LogP contribution in [0.1, 0.15) is 39.0 Å². The van der Waals surface area contributed by atoms with Crippen LogP contribution in [0.5, 0.6) is 0 Å². The lowest BCUT2D eigenvalue weighted by Crippen LogP contribution is -2.45. The molecular weight excluding hydrogens is 316 g/mol. The Morgan fingerprint density at radius 1 is 1.32 bits per heavy atom. The summed E-state index contributed by atoms with van der Waals surface area (Å²) >= 11 is 0. The van der Waals surface area contributed by atoms with E-state index in [9.17, 15) is 9.90 Å². The average molecular weight is 344 g/mol. The van der Waals surface area contributed by atoms with Crippen molar-refractivity contribution in [1.29, 1.82) is 0 Å². The van der Waals surface area contributed by atoms with Gasteiger partial charge in [-0.15, -0.1) is 0 Å². The molecule has 1 aliphatic heterocycles. The molecule has 0 spiro atoms. The minimum absolute atomic E-state index is 0.0173. The van der Waals surface area contributed by atoms with Gasteiger partial charge in [-0.2, -0.15) is 0 Å². The summed E-state index contributed by atoms with van der Waals surface area (Å²) in [5, 5.41) is 17.0. The van der Waals surface area contributed by atoms with Crippen molar-refractivity contribution in [1.82, 2.24) is 10.6 Å². The molecule has 1 aliphatic carbocycles. The summed E-state index contributed by atoms with van der Waals surface area (Å²) in [6, 6.07) is 9.76. The maximum Gasteiger partial charge on any atom is 0.229 e. The minimum atomic E-state index is -0.663. The van der Waals surface area contributed by atoms with Crippen LogP contribution in [0.2, 0.25) is 0 Å². The van der Waals surface area contributed by atoms with E-state index in [1.807, 2.05) is 42.2 Å². The summed E-state index contributed by atoms with van der Waals surface area (Å²) < 4.78 is 0. The highest BCUT2D eigenvalue weighted by atomic mass is 16.3. The number of hydrogen-bond acceptors (Lipinski definition) is 3. The van der Waals surface area contributed by atoms with Crippen LogP contribution in [0.4, 0.5) is 5.69 Å². The highest BCUT2D eigenvalue weighted by Crippen LogP contribution is 2.29. The second-order valence-corrected chi connectivity index (χ2v) is 7.01. The molecule has 2 aliphatic rings. The molecule has 136 valence electrons. The molecule has 1 saturated carbocycles. The van der Waals surface area contributed by atoms with Gasteiger partial charge in [0.05, 0.1) is 18.2 Å². The quantitative estimate of drug-likeness (QED) is 0.561. The molecule has 6 nitrogen and oxygen atoms in total. The van der Waals surface area contributed by atoms with Crippen LogP contribution in [0.25, 0.3) is 0 Å². The summed E-state index contributed by atoms with van der Waals surface area (Å²) in [5.41, 5.74) is 0.267. The number of hydrogen-bond donors (Lipinski definition) is 3. The lowest BCUT2D eigenvalue weighted by Gasteiger charge is -2.22. The zero-order chi connectivity index (χ0) is 17.7. The lowest BCUT2D eigenvalue weighted by atomic mass is 10.0. The van der Waals surface area contributed by atoms with E-state index in [2.05, 4.69) is 15.6 Å². The van der Waals surface area contributed by atoms with E-state index in [1.54, 1.807) is 0 Å². The topological polar surface area (TPSA) is 77.0 Å². The van der Waals surface area contributed by atoms with Gasteiger partial charge in [0.1, 0.15) is 0 Å². The Hall–Kier alpha value is -2.08. The molecule has 1 aromatic rings. The largest absolute Gasteiger partial charge is 0.388 e. The van der Waals surface area contributed by atoms with E-state index >= 15 is 0 Å². The Morgan fingerprint density at radius 3 is 2.72 bits per heavy atom. The molecule has 1 aromatic carbocycles. The van der Waals surface area contributed by atoms with Crippen LogP contribution < -0.4 is 15.5 Å². The molecule has 0 bridgehead atoms. The molecule has 1 saturated heterocycles. The van der Waals surface area contributed by atoms with E-state index in [0.29, 0.717) is 25.5 Å². The van der Waals surface area contributed by atoms with Gasteiger partial charge >= 0.3 is 0 Å². The lowest BCUT2D eigenvalue weighted by molar-refractivity contribution is -0.117. The van der Waals surface area contributed by atoms with E-state index in [0.717, 1.165) is 37.9 Å². The summed E-state index contributed by atoms with van der Waals surface area (Å²) in [4.78, 5) is 18.7. The zero-order valence-corrected chi connectivity index (χ0v) is 14.9. The Balaban J connectivity index is 1.61. The van der Waals surface area contributed by atoms with Crippen LogP contribution >= 0.6 is 0 Å². The second kappa shape index (κ2) is 7.87. The van der Waals surface area contributed by atoms with Crippen molar-refractivity contribution in [3.05, 3.63) is 30.3 Å². The molecule has 0 radical (unpaired) electrons. The first-order valence-corrected chi connectivity index (χ1v) is 9.22. The number of aliphatic hydroxyl groups is 1. The second-order valence-electron chi connectivity index (χ2n) is 7.01. The minimum Gasteiger partial charge on any atom is -0.388 e. The number of nitrogens with zero attached hydrogens (tertiary/aromatic N) is 2. The first-order chi connectivity index (χ1) is 12.1. The molecule has 25 heavy (non-hydrogen) atoms. The molecule has 3 N–H and O–H groups in total. The van der Waals surface area contributed by atoms with Crippen molar-refractivity contribution in [2.45, 2.75) is 50.7 Å². The SMILES string of the molecule is CCNC(=NCC1(O)CCCC1)NC1CC(=O)N(c2ccccc2)C1. The van der Waals surface area contributed by atoms with E-state index in [-0.39, 0.29) is 11.9 Å². The Morgan fingerprint density at radius 2 is 2.04 bits per heavy atom. The monoisotopic (exact) mass is 344 g/mol. The van der Waals surface area contributed by atoms with Gasteiger partial charge in [0, 0.05) is 25.2 Å². The van der Waals surface area contributed by atoms with Gasteiger partial charge in [0.15, 0.2) is 5.96 Å². The summed E-state index contributed by atoms with van der Waals surface area (Å²) in [7, 11) is 0. The fourth-order valence-corrected chi connectivity index (χ4v) is 3.59. The fourth-order valence-electron chi connectivity index (χ4n) is 3.59. The number of guanidine groups is 1.